The molecule has 0 atom stereocenters. The van der Waals surface area contributed by atoms with Gasteiger partial charge in [-0.05, 0) is 12.8 Å². The molecule has 1 heterocycles. The SMILES string of the molecule is NC1CCN(C(=O)c2c(F)cc(F)cc2F)CC1. The Balaban J connectivity index is 2.24. The lowest BCUT2D eigenvalue weighted by molar-refractivity contribution is 0.0704. The van der Waals surface area contributed by atoms with Crippen LogP contribution in [0.2, 0.25) is 0 Å². The number of rotatable bonds is 1. The molecule has 0 aromatic heterocycles. The summed E-state index contributed by atoms with van der Waals surface area (Å²) in [5.74, 6) is -4.14. The Hall–Kier alpha value is -1.56. The van der Waals surface area contributed by atoms with Crippen LogP contribution in [0, 0.1) is 17.5 Å². The molecule has 3 nitrogen and oxygen atoms in total. The average molecular weight is 258 g/mol. The number of hydrogen-bond donors (Lipinski definition) is 1. The minimum Gasteiger partial charge on any atom is -0.338 e. The standard InChI is InChI=1S/C12H13F3N2O/c13-7-5-9(14)11(10(15)6-7)12(18)17-3-1-8(16)2-4-17/h5-6,8H,1-4,16H2. The minimum absolute atomic E-state index is 0.0111. The number of likely N-dealkylation sites (tertiary alicyclic amines) is 1. The smallest absolute Gasteiger partial charge is 0.259 e. The van der Waals surface area contributed by atoms with Gasteiger partial charge in [-0.25, -0.2) is 13.2 Å². The van der Waals surface area contributed by atoms with Crippen molar-refractivity contribution < 1.29 is 18.0 Å². The molecule has 0 saturated carbocycles. The van der Waals surface area contributed by atoms with Crippen molar-refractivity contribution in [2.45, 2.75) is 18.9 Å². The van der Waals surface area contributed by atoms with E-state index in [-0.39, 0.29) is 6.04 Å². The fraction of sp³-hybridized carbons (Fsp3) is 0.417. The molecule has 2 rings (SSSR count). The van der Waals surface area contributed by atoms with E-state index in [4.69, 9.17) is 5.73 Å². The molecule has 0 radical (unpaired) electrons. The third-order valence-electron chi connectivity index (χ3n) is 3.05. The lowest BCUT2D eigenvalue weighted by Crippen LogP contribution is -2.43. The second kappa shape index (κ2) is 4.97. The molecule has 0 unspecified atom stereocenters. The Kier molecular flexibility index (Phi) is 3.56. The van der Waals surface area contributed by atoms with E-state index in [9.17, 15) is 18.0 Å². The maximum atomic E-state index is 13.4. The number of nitrogens with two attached hydrogens (primary N) is 1. The van der Waals surface area contributed by atoms with Gasteiger partial charge in [0.2, 0.25) is 0 Å². The van der Waals surface area contributed by atoms with Gasteiger partial charge in [-0.1, -0.05) is 0 Å². The first-order valence-electron chi connectivity index (χ1n) is 5.68. The van der Waals surface area contributed by atoms with Gasteiger partial charge in [-0.15, -0.1) is 0 Å². The van der Waals surface area contributed by atoms with Crippen molar-refractivity contribution in [3.8, 4) is 0 Å². The number of carbonyl (C=O) groups is 1. The summed E-state index contributed by atoms with van der Waals surface area (Å²) >= 11 is 0. The van der Waals surface area contributed by atoms with Gasteiger partial charge in [0.15, 0.2) is 0 Å². The Labute approximate surface area is 102 Å². The van der Waals surface area contributed by atoms with Crippen molar-refractivity contribution in [3.63, 3.8) is 0 Å². The van der Waals surface area contributed by atoms with Crippen LogP contribution in [0.5, 0.6) is 0 Å². The zero-order chi connectivity index (χ0) is 13.3. The van der Waals surface area contributed by atoms with Gasteiger partial charge in [0, 0.05) is 31.3 Å². The summed E-state index contributed by atoms with van der Waals surface area (Å²) in [6.45, 7) is 0.715. The van der Waals surface area contributed by atoms with Crippen LogP contribution >= 0.6 is 0 Å². The van der Waals surface area contributed by atoms with Gasteiger partial charge in [0.05, 0.1) is 0 Å². The molecule has 6 heteroatoms. The number of piperidine rings is 1. The van der Waals surface area contributed by atoms with Gasteiger partial charge in [-0.3, -0.25) is 4.79 Å². The van der Waals surface area contributed by atoms with Crippen LogP contribution in [0.15, 0.2) is 12.1 Å². The largest absolute Gasteiger partial charge is 0.338 e. The van der Waals surface area contributed by atoms with Gasteiger partial charge >= 0.3 is 0 Å². The van der Waals surface area contributed by atoms with Crippen molar-refractivity contribution in [3.05, 3.63) is 35.1 Å². The summed E-state index contributed by atoms with van der Waals surface area (Å²) in [5.41, 5.74) is 4.98. The highest BCUT2D eigenvalue weighted by Crippen LogP contribution is 2.19. The molecule has 1 saturated heterocycles. The Morgan fingerprint density at radius 2 is 1.67 bits per heavy atom. The van der Waals surface area contributed by atoms with E-state index in [1.54, 1.807) is 0 Å². The summed E-state index contributed by atoms with van der Waals surface area (Å²) in [6, 6.07) is 1.02. The Bertz CT molecular complexity index is 447. The Morgan fingerprint density at radius 1 is 1.17 bits per heavy atom. The van der Waals surface area contributed by atoms with Gasteiger partial charge in [0.1, 0.15) is 23.0 Å². The van der Waals surface area contributed by atoms with E-state index in [1.165, 1.54) is 4.90 Å². The summed E-state index contributed by atoms with van der Waals surface area (Å²) < 4.78 is 39.6. The summed E-state index contributed by atoms with van der Waals surface area (Å²) in [4.78, 5) is 13.3. The number of carbonyl (C=O) groups excluding carboxylic acids is 1. The van der Waals surface area contributed by atoms with E-state index in [2.05, 4.69) is 0 Å². The van der Waals surface area contributed by atoms with Crippen LogP contribution in [0.25, 0.3) is 0 Å². The van der Waals surface area contributed by atoms with Crippen molar-refractivity contribution >= 4 is 5.91 Å². The molecule has 0 aliphatic carbocycles. The molecule has 1 aliphatic rings. The van der Waals surface area contributed by atoms with Crippen molar-refractivity contribution in [2.24, 2.45) is 5.73 Å². The maximum absolute atomic E-state index is 13.4. The van der Waals surface area contributed by atoms with E-state index in [0.717, 1.165) is 0 Å². The second-order valence-electron chi connectivity index (χ2n) is 4.37. The molecule has 1 amide bonds. The molecule has 1 aliphatic heterocycles. The Morgan fingerprint density at radius 3 is 2.17 bits per heavy atom. The molecular formula is C12H13F3N2O. The fourth-order valence-electron chi connectivity index (χ4n) is 2.01. The first kappa shape index (κ1) is 12.9. The molecule has 1 aromatic rings. The van der Waals surface area contributed by atoms with E-state index < -0.39 is 28.9 Å². The average Bonchev–Trinajstić information content (AvgIpc) is 2.28. The van der Waals surface area contributed by atoms with Crippen LogP contribution in [0.4, 0.5) is 13.2 Å². The quantitative estimate of drug-likeness (QED) is 0.832. The van der Waals surface area contributed by atoms with Crippen LogP contribution in [0.1, 0.15) is 23.2 Å². The van der Waals surface area contributed by atoms with E-state index >= 15 is 0 Å². The highest BCUT2D eigenvalue weighted by Gasteiger charge is 2.26. The number of amides is 1. The van der Waals surface area contributed by atoms with Crippen LogP contribution < -0.4 is 5.73 Å². The molecule has 18 heavy (non-hydrogen) atoms. The van der Waals surface area contributed by atoms with E-state index in [0.29, 0.717) is 38.1 Å². The predicted molar refractivity (Wildman–Crippen MR) is 59.4 cm³/mol. The number of hydrogen-bond acceptors (Lipinski definition) is 2. The van der Waals surface area contributed by atoms with Crippen molar-refractivity contribution in [1.82, 2.24) is 4.90 Å². The van der Waals surface area contributed by atoms with E-state index in [1.807, 2.05) is 0 Å². The summed E-state index contributed by atoms with van der Waals surface area (Å²) in [5, 5.41) is 0. The second-order valence-corrected chi connectivity index (χ2v) is 4.37. The van der Waals surface area contributed by atoms with Crippen molar-refractivity contribution in [1.29, 1.82) is 0 Å². The van der Waals surface area contributed by atoms with Gasteiger partial charge in [-0.2, -0.15) is 0 Å². The molecule has 98 valence electrons. The highest BCUT2D eigenvalue weighted by atomic mass is 19.1. The molecule has 0 spiro atoms. The normalized spacial score (nSPS) is 17.0. The first-order chi connectivity index (χ1) is 8.49. The third-order valence-corrected chi connectivity index (χ3v) is 3.05. The maximum Gasteiger partial charge on any atom is 0.259 e. The molecule has 1 aromatic carbocycles. The summed E-state index contributed by atoms with van der Waals surface area (Å²) in [6.07, 6.45) is 1.19. The zero-order valence-electron chi connectivity index (χ0n) is 9.63. The summed E-state index contributed by atoms with van der Waals surface area (Å²) in [7, 11) is 0. The topological polar surface area (TPSA) is 46.3 Å². The van der Waals surface area contributed by atoms with Crippen LogP contribution in [0.3, 0.4) is 0 Å². The first-order valence-corrected chi connectivity index (χ1v) is 5.68. The van der Waals surface area contributed by atoms with Crippen LogP contribution in [-0.2, 0) is 0 Å². The number of benzene rings is 1. The molecule has 0 bridgehead atoms. The molecular weight excluding hydrogens is 245 g/mol. The molecule has 1 fully saturated rings. The van der Waals surface area contributed by atoms with Gasteiger partial charge in [0.25, 0.3) is 5.91 Å². The van der Waals surface area contributed by atoms with Crippen molar-refractivity contribution in [2.75, 3.05) is 13.1 Å². The predicted octanol–water partition coefficient (Wildman–Crippen LogP) is 1.67. The lowest BCUT2D eigenvalue weighted by Gasteiger charge is -2.30. The monoisotopic (exact) mass is 258 g/mol. The minimum atomic E-state index is -1.17. The fourth-order valence-corrected chi connectivity index (χ4v) is 2.01. The highest BCUT2D eigenvalue weighted by molar-refractivity contribution is 5.94. The lowest BCUT2D eigenvalue weighted by atomic mass is 10.0. The number of halogens is 3. The molecule has 2 N–H and O–H groups in total. The third kappa shape index (κ3) is 2.48. The zero-order valence-corrected chi connectivity index (χ0v) is 9.63. The number of nitrogens with zero attached hydrogens (tertiary/aromatic N) is 1. The van der Waals surface area contributed by atoms with Crippen LogP contribution in [-0.4, -0.2) is 29.9 Å². The van der Waals surface area contributed by atoms with Gasteiger partial charge < -0.3 is 10.6 Å².